The van der Waals surface area contributed by atoms with Gasteiger partial charge in [0.05, 0.1) is 16.3 Å². The summed E-state index contributed by atoms with van der Waals surface area (Å²) in [5.74, 6) is -0.241. The third kappa shape index (κ3) is 3.91. The Morgan fingerprint density at radius 2 is 1.88 bits per heavy atom. The Labute approximate surface area is 142 Å². The number of aromatic nitrogens is 2. The first-order valence-corrected chi connectivity index (χ1v) is 9.22. The largest absolute Gasteiger partial charge is 0.323 e. The maximum Gasteiger partial charge on any atom is 0.248 e. The number of aryl methyl sites for hydroxylation is 2. The number of benzene rings is 1. The summed E-state index contributed by atoms with van der Waals surface area (Å²) in [5, 5.41) is 7.00. The van der Waals surface area contributed by atoms with E-state index in [0.717, 1.165) is 17.0 Å². The van der Waals surface area contributed by atoms with Crippen LogP contribution in [0, 0.1) is 13.8 Å². The predicted molar refractivity (Wildman–Crippen MR) is 94.5 cm³/mol. The molecule has 1 heterocycles. The smallest absolute Gasteiger partial charge is 0.248 e. The highest BCUT2D eigenvalue weighted by Crippen LogP contribution is 2.16. The number of amides is 1. The SMILES string of the molecule is CCS(=O)(=O)c1ccc(NC(=O)C=Cc2c(C)nn(C)c2C)cc1. The van der Waals surface area contributed by atoms with Crippen LogP contribution in [0.1, 0.15) is 23.9 Å². The molecule has 128 valence electrons. The lowest BCUT2D eigenvalue weighted by Crippen LogP contribution is -2.08. The topological polar surface area (TPSA) is 81.1 Å². The Hall–Kier alpha value is -2.41. The Balaban J connectivity index is 2.09. The molecule has 1 aromatic heterocycles. The van der Waals surface area contributed by atoms with Gasteiger partial charge in [-0.1, -0.05) is 6.92 Å². The molecule has 1 aromatic carbocycles. The molecule has 0 bridgehead atoms. The third-order valence-corrected chi connectivity index (χ3v) is 5.58. The fraction of sp³-hybridized carbons (Fsp3) is 0.294. The highest BCUT2D eigenvalue weighted by Gasteiger charge is 2.11. The number of hydrogen-bond donors (Lipinski definition) is 1. The molecule has 6 nitrogen and oxygen atoms in total. The molecule has 7 heteroatoms. The first kappa shape index (κ1) is 17.9. The van der Waals surface area contributed by atoms with Crippen LogP contribution in [0.2, 0.25) is 0 Å². The summed E-state index contributed by atoms with van der Waals surface area (Å²) in [6.07, 6.45) is 3.16. The van der Waals surface area contributed by atoms with Crippen LogP contribution in [0.3, 0.4) is 0 Å². The maximum atomic E-state index is 12.0. The van der Waals surface area contributed by atoms with Crippen molar-refractivity contribution in [2.24, 2.45) is 7.05 Å². The number of rotatable bonds is 5. The van der Waals surface area contributed by atoms with Gasteiger partial charge >= 0.3 is 0 Å². The summed E-state index contributed by atoms with van der Waals surface area (Å²) >= 11 is 0. The molecule has 1 N–H and O–H groups in total. The van der Waals surface area contributed by atoms with Gasteiger partial charge in [0, 0.05) is 30.1 Å². The number of hydrogen-bond acceptors (Lipinski definition) is 4. The van der Waals surface area contributed by atoms with Gasteiger partial charge in [-0.15, -0.1) is 0 Å². The van der Waals surface area contributed by atoms with E-state index in [1.165, 1.54) is 18.2 Å². The molecule has 1 amide bonds. The summed E-state index contributed by atoms with van der Waals surface area (Å²) in [6, 6.07) is 6.14. The Kier molecular flexibility index (Phi) is 5.23. The van der Waals surface area contributed by atoms with Gasteiger partial charge in [0.2, 0.25) is 5.91 Å². The van der Waals surface area contributed by atoms with Crippen molar-refractivity contribution < 1.29 is 13.2 Å². The lowest BCUT2D eigenvalue weighted by atomic mass is 10.2. The van der Waals surface area contributed by atoms with E-state index in [9.17, 15) is 13.2 Å². The van der Waals surface area contributed by atoms with Crippen LogP contribution in [0.25, 0.3) is 6.08 Å². The molecule has 0 unspecified atom stereocenters. The highest BCUT2D eigenvalue weighted by molar-refractivity contribution is 7.91. The Morgan fingerprint density at radius 1 is 1.25 bits per heavy atom. The summed E-state index contributed by atoms with van der Waals surface area (Å²) < 4.78 is 25.3. The minimum Gasteiger partial charge on any atom is -0.323 e. The number of sulfone groups is 1. The third-order valence-electron chi connectivity index (χ3n) is 3.83. The average molecular weight is 347 g/mol. The zero-order chi connectivity index (χ0) is 17.9. The fourth-order valence-electron chi connectivity index (χ4n) is 2.29. The van der Waals surface area contributed by atoms with E-state index in [-0.39, 0.29) is 16.6 Å². The van der Waals surface area contributed by atoms with Crippen molar-refractivity contribution in [1.82, 2.24) is 9.78 Å². The van der Waals surface area contributed by atoms with Crippen LogP contribution in [-0.2, 0) is 21.7 Å². The predicted octanol–water partition coefficient (Wildman–Crippen LogP) is 2.48. The zero-order valence-corrected chi connectivity index (χ0v) is 15.0. The lowest BCUT2D eigenvalue weighted by Gasteiger charge is -2.04. The van der Waals surface area contributed by atoms with Gasteiger partial charge in [-0.2, -0.15) is 5.10 Å². The molecule has 0 radical (unpaired) electrons. The zero-order valence-electron chi connectivity index (χ0n) is 14.2. The van der Waals surface area contributed by atoms with Gasteiger partial charge < -0.3 is 5.32 Å². The van der Waals surface area contributed by atoms with Crippen molar-refractivity contribution in [3.05, 3.63) is 47.3 Å². The van der Waals surface area contributed by atoms with Crippen molar-refractivity contribution in [1.29, 1.82) is 0 Å². The van der Waals surface area contributed by atoms with Gasteiger partial charge in [0.25, 0.3) is 0 Å². The first-order valence-electron chi connectivity index (χ1n) is 7.56. The standard InChI is InChI=1S/C17H21N3O3S/c1-5-24(22,23)15-8-6-14(7-9-15)18-17(21)11-10-16-12(2)19-20(4)13(16)3/h6-11H,5H2,1-4H3,(H,18,21). The van der Waals surface area contributed by atoms with Crippen molar-refractivity contribution >= 4 is 27.5 Å². The van der Waals surface area contributed by atoms with Gasteiger partial charge in [-0.3, -0.25) is 9.48 Å². The summed E-state index contributed by atoms with van der Waals surface area (Å²) in [6.45, 7) is 5.42. The number of nitrogens with one attached hydrogen (secondary N) is 1. The van der Waals surface area contributed by atoms with E-state index in [1.807, 2.05) is 20.9 Å². The first-order chi connectivity index (χ1) is 11.2. The molecular formula is C17H21N3O3S. The quantitative estimate of drug-likeness (QED) is 0.843. The maximum absolute atomic E-state index is 12.0. The fourth-order valence-corrected chi connectivity index (χ4v) is 3.17. The summed E-state index contributed by atoms with van der Waals surface area (Å²) in [5.41, 5.74) is 3.29. The van der Waals surface area contributed by atoms with Crippen molar-refractivity contribution in [2.45, 2.75) is 25.7 Å². The second-order valence-electron chi connectivity index (χ2n) is 5.46. The van der Waals surface area contributed by atoms with Crippen LogP contribution in [-0.4, -0.2) is 29.9 Å². The number of nitrogens with zero attached hydrogens (tertiary/aromatic N) is 2. The van der Waals surface area contributed by atoms with Crippen LogP contribution < -0.4 is 5.32 Å². The second kappa shape index (κ2) is 7.00. The molecule has 0 aliphatic carbocycles. The Morgan fingerprint density at radius 3 is 2.38 bits per heavy atom. The van der Waals surface area contributed by atoms with E-state index in [0.29, 0.717) is 5.69 Å². The molecule has 0 atom stereocenters. The van der Waals surface area contributed by atoms with Gasteiger partial charge in [0.15, 0.2) is 9.84 Å². The van der Waals surface area contributed by atoms with E-state index in [1.54, 1.807) is 29.8 Å². The summed E-state index contributed by atoms with van der Waals surface area (Å²) in [7, 11) is -1.38. The normalized spacial score (nSPS) is 11.8. The van der Waals surface area contributed by atoms with Crippen LogP contribution >= 0.6 is 0 Å². The minimum absolute atomic E-state index is 0.0469. The van der Waals surface area contributed by atoms with E-state index in [4.69, 9.17) is 0 Å². The van der Waals surface area contributed by atoms with Crippen molar-refractivity contribution in [2.75, 3.05) is 11.1 Å². The molecule has 24 heavy (non-hydrogen) atoms. The number of anilines is 1. The second-order valence-corrected chi connectivity index (χ2v) is 7.74. The molecule has 0 spiro atoms. The van der Waals surface area contributed by atoms with E-state index >= 15 is 0 Å². The average Bonchev–Trinajstić information content (AvgIpc) is 2.78. The molecule has 0 aliphatic rings. The number of carbonyl (C=O) groups is 1. The van der Waals surface area contributed by atoms with E-state index in [2.05, 4.69) is 10.4 Å². The van der Waals surface area contributed by atoms with Gasteiger partial charge in [-0.25, -0.2) is 8.42 Å². The van der Waals surface area contributed by atoms with Gasteiger partial charge in [0.1, 0.15) is 0 Å². The van der Waals surface area contributed by atoms with Gasteiger partial charge in [-0.05, 0) is 44.2 Å². The number of carbonyl (C=O) groups excluding carboxylic acids is 1. The monoisotopic (exact) mass is 347 g/mol. The van der Waals surface area contributed by atoms with Crippen molar-refractivity contribution in [3.63, 3.8) is 0 Å². The molecule has 0 fully saturated rings. The summed E-state index contributed by atoms with van der Waals surface area (Å²) in [4.78, 5) is 12.3. The minimum atomic E-state index is -3.23. The highest BCUT2D eigenvalue weighted by atomic mass is 32.2. The van der Waals surface area contributed by atoms with Crippen LogP contribution in [0.4, 0.5) is 5.69 Å². The molecule has 2 rings (SSSR count). The Bertz CT molecular complexity index is 879. The molecular weight excluding hydrogens is 326 g/mol. The van der Waals surface area contributed by atoms with Crippen molar-refractivity contribution in [3.8, 4) is 0 Å². The molecule has 2 aromatic rings. The van der Waals surface area contributed by atoms with E-state index < -0.39 is 9.84 Å². The lowest BCUT2D eigenvalue weighted by molar-refractivity contribution is -0.111. The molecule has 0 saturated carbocycles. The molecule has 0 aliphatic heterocycles. The van der Waals surface area contributed by atoms with Crippen LogP contribution in [0.5, 0.6) is 0 Å². The molecule has 0 saturated heterocycles. The van der Waals surface area contributed by atoms with Crippen LogP contribution in [0.15, 0.2) is 35.2 Å².